The van der Waals surface area contributed by atoms with Gasteiger partial charge >= 0.3 is 0 Å². The van der Waals surface area contributed by atoms with E-state index < -0.39 is 9.84 Å². The van der Waals surface area contributed by atoms with E-state index >= 15 is 0 Å². The van der Waals surface area contributed by atoms with Crippen LogP contribution in [0.4, 0.5) is 0 Å². The van der Waals surface area contributed by atoms with E-state index in [1.807, 2.05) is 17.5 Å². The molecule has 0 fully saturated rings. The van der Waals surface area contributed by atoms with E-state index in [-0.39, 0.29) is 17.3 Å². The van der Waals surface area contributed by atoms with Gasteiger partial charge in [-0.2, -0.15) is 4.98 Å². The van der Waals surface area contributed by atoms with E-state index in [0.29, 0.717) is 17.3 Å². The molecule has 3 aromatic heterocycles. The molecular weight excluding hydrogens is 314 g/mol. The predicted molar refractivity (Wildman–Crippen MR) is 75.2 cm³/mol. The lowest BCUT2D eigenvalue weighted by Gasteiger charge is -1.97. The maximum Gasteiger partial charge on any atom is 0.268 e. The van der Waals surface area contributed by atoms with Crippen molar-refractivity contribution in [1.29, 1.82) is 0 Å². The Balaban J connectivity index is 1.73. The molecule has 7 nitrogen and oxygen atoms in total. The Morgan fingerprint density at radius 1 is 1.24 bits per heavy atom. The molecule has 0 aliphatic rings. The SMILES string of the molecule is Cc1cc(CS(=O)(=O)Cc2noc(-c3cccs3)n2)no1. The Kier molecular flexibility index (Phi) is 3.60. The predicted octanol–water partition coefficient (Wildman–Crippen LogP) is 2.21. The topological polar surface area (TPSA) is 99.1 Å². The fourth-order valence-electron chi connectivity index (χ4n) is 1.77. The van der Waals surface area contributed by atoms with E-state index in [1.54, 1.807) is 13.0 Å². The third-order valence-electron chi connectivity index (χ3n) is 2.59. The summed E-state index contributed by atoms with van der Waals surface area (Å²) in [5, 5.41) is 9.25. The number of nitrogens with zero attached hydrogens (tertiary/aromatic N) is 3. The van der Waals surface area contributed by atoms with Crippen LogP contribution in [0.1, 0.15) is 17.3 Å². The summed E-state index contributed by atoms with van der Waals surface area (Å²) >= 11 is 1.44. The quantitative estimate of drug-likeness (QED) is 0.709. The molecule has 3 aromatic rings. The summed E-state index contributed by atoms with van der Waals surface area (Å²) in [7, 11) is -3.43. The molecular formula is C12H11N3O4S2. The highest BCUT2D eigenvalue weighted by atomic mass is 32.2. The highest BCUT2D eigenvalue weighted by molar-refractivity contribution is 7.89. The van der Waals surface area contributed by atoms with Crippen LogP contribution in [0.5, 0.6) is 0 Å². The lowest BCUT2D eigenvalue weighted by atomic mass is 10.4. The van der Waals surface area contributed by atoms with Crippen LogP contribution in [0.3, 0.4) is 0 Å². The first kappa shape index (κ1) is 14.0. The largest absolute Gasteiger partial charge is 0.361 e. The number of hydrogen-bond acceptors (Lipinski definition) is 8. The molecule has 0 aromatic carbocycles. The molecule has 3 rings (SSSR count). The van der Waals surface area contributed by atoms with E-state index in [2.05, 4.69) is 15.3 Å². The van der Waals surface area contributed by atoms with E-state index in [9.17, 15) is 8.42 Å². The summed E-state index contributed by atoms with van der Waals surface area (Å²) in [5.41, 5.74) is 0.370. The van der Waals surface area contributed by atoms with Gasteiger partial charge in [-0.3, -0.25) is 0 Å². The van der Waals surface area contributed by atoms with Crippen molar-refractivity contribution in [3.05, 3.63) is 40.9 Å². The maximum atomic E-state index is 12.1. The van der Waals surface area contributed by atoms with Crippen LogP contribution in [0, 0.1) is 6.92 Å². The number of aromatic nitrogens is 3. The second-order valence-corrected chi connectivity index (χ2v) is 7.47. The van der Waals surface area contributed by atoms with Crippen molar-refractivity contribution in [3.8, 4) is 10.8 Å². The molecule has 110 valence electrons. The lowest BCUT2D eigenvalue weighted by Crippen LogP contribution is -2.09. The van der Waals surface area contributed by atoms with Crippen LogP contribution in [0.25, 0.3) is 10.8 Å². The Labute approximate surface area is 124 Å². The van der Waals surface area contributed by atoms with Gasteiger partial charge in [-0.15, -0.1) is 11.3 Å². The van der Waals surface area contributed by atoms with Crippen molar-refractivity contribution < 1.29 is 17.5 Å². The summed E-state index contributed by atoms with van der Waals surface area (Å²) < 4.78 is 34.1. The molecule has 0 aliphatic heterocycles. The first-order chi connectivity index (χ1) is 10.0. The Morgan fingerprint density at radius 3 is 2.76 bits per heavy atom. The fraction of sp³-hybridized carbons (Fsp3) is 0.250. The molecule has 0 unspecified atom stereocenters. The van der Waals surface area contributed by atoms with Gasteiger partial charge < -0.3 is 9.05 Å². The summed E-state index contributed by atoms with van der Waals surface area (Å²) in [5.74, 6) is 0.520. The van der Waals surface area contributed by atoms with Gasteiger partial charge in [0.05, 0.1) is 16.3 Å². The number of rotatable bonds is 5. The molecule has 0 N–H and O–H groups in total. The van der Waals surface area contributed by atoms with Crippen molar-refractivity contribution in [3.63, 3.8) is 0 Å². The van der Waals surface area contributed by atoms with Gasteiger partial charge in [0.1, 0.15) is 11.5 Å². The number of hydrogen-bond donors (Lipinski definition) is 0. The zero-order valence-corrected chi connectivity index (χ0v) is 12.6. The van der Waals surface area contributed by atoms with Crippen LogP contribution < -0.4 is 0 Å². The fourth-order valence-corrected chi connectivity index (χ4v) is 3.62. The minimum Gasteiger partial charge on any atom is -0.361 e. The van der Waals surface area contributed by atoms with Crippen molar-refractivity contribution in [1.82, 2.24) is 15.3 Å². The van der Waals surface area contributed by atoms with E-state index in [0.717, 1.165) is 4.88 Å². The van der Waals surface area contributed by atoms with Crippen molar-refractivity contribution in [2.75, 3.05) is 0 Å². The molecule has 0 bridgehead atoms. The Hall–Kier alpha value is -2.00. The van der Waals surface area contributed by atoms with Gasteiger partial charge in [-0.05, 0) is 18.4 Å². The highest BCUT2D eigenvalue weighted by Crippen LogP contribution is 2.23. The maximum absolute atomic E-state index is 12.1. The van der Waals surface area contributed by atoms with Gasteiger partial charge in [-0.25, -0.2) is 8.42 Å². The molecule has 0 aliphatic carbocycles. The Morgan fingerprint density at radius 2 is 2.10 bits per heavy atom. The van der Waals surface area contributed by atoms with Gasteiger partial charge in [-0.1, -0.05) is 16.4 Å². The monoisotopic (exact) mass is 325 g/mol. The number of thiophene rings is 1. The number of aryl methyl sites for hydroxylation is 1. The zero-order valence-electron chi connectivity index (χ0n) is 11.0. The van der Waals surface area contributed by atoms with Gasteiger partial charge in [0.15, 0.2) is 15.7 Å². The van der Waals surface area contributed by atoms with Crippen LogP contribution in [-0.4, -0.2) is 23.7 Å². The van der Waals surface area contributed by atoms with Crippen LogP contribution in [0.15, 0.2) is 32.6 Å². The van der Waals surface area contributed by atoms with Gasteiger partial charge in [0.25, 0.3) is 5.89 Å². The second kappa shape index (κ2) is 5.41. The first-order valence-electron chi connectivity index (χ1n) is 6.01. The summed E-state index contributed by atoms with van der Waals surface area (Å²) in [6, 6.07) is 5.27. The molecule has 0 radical (unpaired) electrons. The third kappa shape index (κ3) is 3.37. The Bertz CT molecular complexity index is 834. The molecule has 0 spiro atoms. The molecule has 21 heavy (non-hydrogen) atoms. The highest BCUT2D eigenvalue weighted by Gasteiger charge is 2.20. The van der Waals surface area contributed by atoms with Crippen molar-refractivity contribution in [2.24, 2.45) is 0 Å². The third-order valence-corrected chi connectivity index (χ3v) is 4.89. The number of sulfone groups is 1. The average molecular weight is 325 g/mol. The van der Waals surface area contributed by atoms with Crippen molar-refractivity contribution in [2.45, 2.75) is 18.4 Å². The zero-order chi connectivity index (χ0) is 14.9. The van der Waals surface area contributed by atoms with Gasteiger partial charge in [0, 0.05) is 6.07 Å². The molecule has 0 amide bonds. The second-order valence-electron chi connectivity index (χ2n) is 4.45. The van der Waals surface area contributed by atoms with E-state index in [4.69, 9.17) is 9.05 Å². The molecule has 3 heterocycles. The average Bonchev–Trinajstić information content (AvgIpc) is 3.09. The normalized spacial score (nSPS) is 11.9. The van der Waals surface area contributed by atoms with Gasteiger partial charge in [0.2, 0.25) is 0 Å². The minimum absolute atomic E-state index is 0.138. The molecule has 0 atom stereocenters. The minimum atomic E-state index is -3.43. The van der Waals surface area contributed by atoms with E-state index in [1.165, 1.54) is 11.3 Å². The summed E-state index contributed by atoms with van der Waals surface area (Å²) in [4.78, 5) is 4.90. The van der Waals surface area contributed by atoms with Crippen molar-refractivity contribution >= 4 is 21.2 Å². The van der Waals surface area contributed by atoms with Crippen LogP contribution >= 0.6 is 11.3 Å². The first-order valence-corrected chi connectivity index (χ1v) is 8.71. The lowest BCUT2D eigenvalue weighted by molar-refractivity contribution is 0.392. The summed E-state index contributed by atoms with van der Waals surface area (Å²) in [6.07, 6.45) is 0. The molecule has 0 saturated carbocycles. The molecule has 9 heteroatoms. The standard InChI is InChI=1S/C12H11N3O4S2/c1-8-5-9(14-18-8)6-21(16,17)7-11-13-12(19-15-11)10-3-2-4-20-10/h2-5H,6-7H2,1H3. The smallest absolute Gasteiger partial charge is 0.268 e. The summed E-state index contributed by atoms with van der Waals surface area (Å²) in [6.45, 7) is 1.70. The molecule has 0 saturated heterocycles. The van der Waals surface area contributed by atoms with Crippen LogP contribution in [0.2, 0.25) is 0 Å². The van der Waals surface area contributed by atoms with Crippen LogP contribution in [-0.2, 0) is 21.3 Å².